The zero-order valence-corrected chi connectivity index (χ0v) is 14.1. The van der Waals surface area contributed by atoms with Crippen molar-refractivity contribution in [2.45, 2.75) is 0 Å². The predicted octanol–water partition coefficient (Wildman–Crippen LogP) is 4.24. The molecule has 4 aromatic rings. The van der Waals surface area contributed by atoms with E-state index in [0.717, 1.165) is 21.8 Å². The summed E-state index contributed by atoms with van der Waals surface area (Å²) in [6.45, 7) is 0. The van der Waals surface area contributed by atoms with E-state index in [1.807, 2.05) is 53.1 Å². The number of hydrogen-bond acceptors (Lipinski definition) is 1. The summed E-state index contributed by atoms with van der Waals surface area (Å²) >= 11 is 6.15. The number of aromatic nitrogens is 1. The average Bonchev–Trinajstić information content (AvgIpc) is 2.88. The summed E-state index contributed by atoms with van der Waals surface area (Å²) in [4.78, 5) is 18.9. The van der Waals surface area contributed by atoms with Crippen molar-refractivity contribution in [2.75, 3.05) is 0 Å². The van der Waals surface area contributed by atoms with E-state index in [9.17, 15) is 14.4 Å². The molecular weight excluding hydrogens is 345 g/mol. The molecule has 4 rings (SSSR count). The molecule has 4 nitrogen and oxygen atoms in total. The summed E-state index contributed by atoms with van der Waals surface area (Å²) in [5.74, 6) is 0. The molecule has 0 aliphatic heterocycles. The van der Waals surface area contributed by atoms with E-state index in [1.165, 1.54) is 12.1 Å². The third-order valence-corrected chi connectivity index (χ3v) is 5.24. The van der Waals surface area contributed by atoms with Crippen molar-refractivity contribution in [1.82, 2.24) is 4.57 Å². The Kier molecular flexibility index (Phi) is 3.52. The first-order chi connectivity index (χ1) is 11.4. The van der Waals surface area contributed by atoms with Crippen LogP contribution >= 0.6 is 19.2 Å². The van der Waals surface area contributed by atoms with Crippen LogP contribution in [0.1, 0.15) is 0 Å². The Morgan fingerprint density at radius 2 is 1.58 bits per heavy atom. The molecule has 6 heteroatoms. The normalized spacial score (nSPS) is 12.1. The van der Waals surface area contributed by atoms with Gasteiger partial charge in [-0.3, -0.25) is 4.57 Å². The molecule has 1 heterocycles. The second-order valence-electron chi connectivity index (χ2n) is 5.58. The van der Waals surface area contributed by atoms with E-state index in [-0.39, 0.29) is 5.30 Å². The number of halogens is 1. The van der Waals surface area contributed by atoms with Gasteiger partial charge in [-0.15, -0.1) is 0 Å². The molecule has 0 unspecified atom stereocenters. The van der Waals surface area contributed by atoms with Gasteiger partial charge in [0.2, 0.25) is 0 Å². The van der Waals surface area contributed by atoms with E-state index in [1.54, 1.807) is 6.07 Å². The maximum Gasteiger partial charge on any atom is 0.356 e. The van der Waals surface area contributed by atoms with Crippen LogP contribution in [0, 0.1) is 0 Å². The quantitative estimate of drug-likeness (QED) is 0.527. The van der Waals surface area contributed by atoms with Crippen LogP contribution in [-0.4, -0.2) is 14.4 Å². The Labute approximate surface area is 143 Å². The van der Waals surface area contributed by atoms with Gasteiger partial charge in [0, 0.05) is 21.5 Å². The largest absolute Gasteiger partial charge is 0.356 e. The minimum atomic E-state index is -4.31. The topological polar surface area (TPSA) is 62.5 Å². The molecule has 1 aromatic heterocycles. The summed E-state index contributed by atoms with van der Waals surface area (Å²) in [5, 5.41) is 2.69. The summed E-state index contributed by atoms with van der Waals surface area (Å²) in [6.07, 6.45) is 0. The number of nitrogens with zero attached hydrogens (tertiary/aromatic N) is 1. The van der Waals surface area contributed by atoms with Crippen LogP contribution in [0.2, 0.25) is 5.02 Å². The van der Waals surface area contributed by atoms with Crippen LogP contribution in [0.15, 0.2) is 66.7 Å². The van der Waals surface area contributed by atoms with E-state index in [0.29, 0.717) is 10.7 Å². The first kappa shape index (κ1) is 15.4. The van der Waals surface area contributed by atoms with Crippen molar-refractivity contribution in [3.8, 4) is 5.69 Å². The minimum absolute atomic E-state index is 0.0000975. The first-order valence-corrected chi connectivity index (χ1v) is 9.29. The molecule has 0 amide bonds. The number of benzene rings is 3. The third-order valence-electron chi connectivity index (χ3n) is 4.06. The molecule has 0 fully saturated rings. The predicted molar refractivity (Wildman–Crippen MR) is 97.5 cm³/mol. The van der Waals surface area contributed by atoms with Crippen LogP contribution < -0.4 is 5.30 Å². The lowest BCUT2D eigenvalue weighted by Gasteiger charge is -2.10. The number of hydrogen-bond donors (Lipinski definition) is 2. The minimum Gasteiger partial charge on any atom is -0.321 e. The van der Waals surface area contributed by atoms with Gasteiger partial charge in [0.25, 0.3) is 0 Å². The highest BCUT2D eigenvalue weighted by Gasteiger charge is 2.19. The van der Waals surface area contributed by atoms with Crippen LogP contribution in [0.25, 0.3) is 27.5 Å². The Morgan fingerprint density at radius 1 is 0.833 bits per heavy atom. The Bertz CT molecular complexity index is 1130. The second-order valence-corrected chi connectivity index (χ2v) is 7.62. The maximum absolute atomic E-state index is 11.6. The van der Waals surface area contributed by atoms with Crippen LogP contribution in [0.4, 0.5) is 0 Å². The summed E-state index contributed by atoms with van der Waals surface area (Å²) in [6, 6.07) is 20.0. The van der Waals surface area contributed by atoms with Crippen molar-refractivity contribution in [1.29, 1.82) is 0 Å². The van der Waals surface area contributed by atoms with Gasteiger partial charge < -0.3 is 14.4 Å². The third kappa shape index (κ3) is 2.45. The molecule has 24 heavy (non-hydrogen) atoms. The van der Waals surface area contributed by atoms with Gasteiger partial charge in [-0.05, 0) is 42.5 Å². The van der Waals surface area contributed by atoms with E-state index in [2.05, 4.69) is 0 Å². The van der Waals surface area contributed by atoms with Crippen LogP contribution in [0.5, 0.6) is 0 Å². The molecule has 0 saturated heterocycles. The highest BCUT2D eigenvalue weighted by atomic mass is 35.5. The fourth-order valence-corrected chi connectivity index (χ4v) is 3.79. The standard InChI is InChI=1S/C18H13ClNO3P/c19-12-8-9-18-16(10-12)15-6-1-2-7-17(15)20(18)13-4-3-5-14(11-13)24(21,22)23/h1-11H,(H2,21,22,23). The lowest BCUT2D eigenvalue weighted by molar-refractivity contribution is 0.387. The van der Waals surface area contributed by atoms with E-state index >= 15 is 0 Å². The molecular formula is C18H13ClNO3P. The Morgan fingerprint density at radius 3 is 2.38 bits per heavy atom. The monoisotopic (exact) mass is 357 g/mol. The van der Waals surface area contributed by atoms with Gasteiger partial charge in [-0.25, -0.2) is 0 Å². The van der Waals surface area contributed by atoms with Gasteiger partial charge >= 0.3 is 7.60 Å². The molecule has 2 N–H and O–H groups in total. The van der Waals surface area contributed by atoms with Gasteiger partial charge in [0.15, 0.2) is 0 Å². The molecule has 0 spiro atoms. The maximum atomic E-state index is 11.6. The molecule has 3 aromatic carbocycles. The number of para-hydroxylation sites is 1. The molecule has 0 aliphatic rings. The smallest absolute Gasteiger partial charge is 0.321 e. The molecule has 0 saturated carbocycles. The van der Waals surface area contributed by atoms with Crippen molar-refractivity contribution < 1.29 is 14.4 Å². The van der Waals surface area contributed by atoms with Gasteiger partial charge in [0.1, 0.15) is 0 Å². The first-order valence-electron chi connectivity index (χ1n) is 7.30. The fourth-order valence-electron chi connectivity index (χ4n) is 3.04. The highest BCUT2D eigenvalue weighted by molar-refractivity contribution is 7.60. The lowest BCUT2D eigenvalue weighted by atomic mass is 10.2. The zero-order valence-electron chi connectivity index (χ0n) is 12.4. The zero-order chi connectivity index (χ0) is 16.9. The summed E-state index contributed by atoms with van der Waals surface area (Å²) < 4.78 is 13.6. The van der Waals surface area contributed by atoms with Crippen molar-refractivity contribution in [3.05, 3.63) is 71.8 Å². The van der Waals surface area contributed by atoms with Crippen molar-refractivity contribution in [3.63, 3.8) is 0 Å². The second kappa shape index (κ2) is 5.47. The fraction of sp³-hybridized carbons (Fsp3) is 0. The lowest BCUT2D eigenvalue weighted by Crippen LogP contribution is -2.06. The molecule has 120 valence electrons. The van der Waals surface area contributed by atoms with Gasteiger partial charge in [-0.1, -0.05) is 35.9 Å². The summed E-state index contributed by atoms with van der Waals surface area (Å²) in [5.41, 5.74) is 2.59. The SMILES string of the molecule is O=P(O)(O)c1cccc(-n2c3ccccc3c3cc(Cl)ccc32)c1. The van der Waals surface area contributed by atoms with Crippen molar-refractivity contribution in [2.24, 2.45) is 0 Å². The Balaban J connectivity index is 2.11. The average molecular weight is 358 g/mol. The van der Waals surface area contributed by atoms with E-state index < -0.39 is 7.60 Å². The molecule has 0 aliphatic carbocycles. The molecule has 0 radical (unpaired) electrons. The van der Waals surface area contributed by atoms with E-state index in [4.69, 9.17) is 11.6 Å². The van der Waals surface area contributed by atoms with Gasteiger partial charge in [0.05, 0.1) is 16.3 Å². The Hall–Kier alpha value is -2.10. The highest BCUT2D eigenvalue weighted by Crippen LogP contribution is 2.36. The van der Waals surface area contributed by atoms with Crippen LogP contribution in [0.3, 0.4) is 0 Å². The van der Waals surface area contributed by atoms with Crippen molar-refractivity contribution >= 4 is 46.3 Å². The number of rotatable bonds is 2. The molecule has 0 atom stereocenters. The van der Waals surface area contributed by atoms with Crippen LogP contribution in [-0.2, 0) is 4.57 Å². The number of fused-ring (bicyclic) bond motifs is 3. The summed E-state index contributed by atoms with van der Waals surface area (Å²) in [7, 11) is -4.31. The molecule has 0 bridgehead atoms. The van der Waals surface area contributed by atoms with Gasteiger partial charge in [-0.2, -0.15) is 0 Å².